The standard InChI is InChI=1S/C28H41F3O2/c1-3-5-6-8-21-9-11-22(12-10-21)18-28(30,31)20-33-27-16-14-24(17-25(27)29)26-15-13-23(7-4-2)19-32-26/h3,5,14,16-17,21-23,26H,4,6-13,15,18-20H2,1-2H3. The molecule has 2 aliphatic rings. The summed E-state index contributed by atoms with van der Waals surface area (Å²) in [6.45, 7) is 4.11. The molecule has 1 aliphatic carbocycles. The Labute approximate surface area is 197 Å². The Hall–Kier alpha value is -1.49. The molecular formula is C28H41F3O2. The second-order valence-corrected chi connectivity index (χ2v) is 10.1. The molecule has 1 saturated carbocycles. The number of allylic oxidation sites excluding steroid dienone is 2. The molecule has 0 aromatic heterocycles. The predicted octanol–water partition coefficient (Wildman–Crippen LogP) is 8.66. The molecule has 1 aromatic carbocycles. The van der Waals surface area contributed by atoms with Crippen molar-refractivity contribution in [1.29, 1.82) is 0 Å². The molecule has 5 heteroatoms. The predicted molar refractivity (Wildman–Crippen MR) is 127 cm³/mol. The summed E-state index contributed by atoms with van der Waals surface area (Å²) in [5, 5.41) is 0. The summed E-state index contributed by atoms with van der Waals surface area (Å²) in [6, 6.07) is 4.60. The quantitative estimate of drug-likeness (QED) is 0.304. The molecule has 2 unspecified atom stereocenters. The molecule has 3 rings (SSSR count). The van der Waals surface area contributed by atoms with E-state index < -0.39 is 18.3 Å². The number of halogens is 3. The summed E-state index contributed by atoms with van der Waals surface area (Å²) in [5.74, 6) is -2.40. The van der Waals surface area contributed by atoms with E-state index in [4.69, 9.17) is 9.47 Å². The Kier molecular flexibility index (Phi) is 10.2. The summed E-state index contributed by atoms with van der Waals surface area (Å²) in [4.78, 5) is 0. The van der Waals surface area contributed by atoms with Crippen LogP contribution in [0.25, 0.3) is 0 Å². The van der Waals surface area contributed by atoms with E-state index in [9.17, 15) is 13.2 Å². The van der Waals surface area contributed by atoms with Gasteiger partial charge in [-0.1, -0.05) is 44.4 Å². The van der Waals surface area contributed by atoms with Gasteiger partial charge in [-0.25, -0.2) is 13.2 Å². The average Bonchev–Trinajstić information content (AvgIpc) is 2.80. The summed E-state index contributed by atoms with van der Waals surface area (Å²) in [7, 11) is 0. The minimum absolute atomic E-state index is 0.0220. The molecule has 1 heterocycles. The highest BCUT2D eigenvalue weighted by Gasteiger charge is 2.35. The van der Waals surface area contributed by atoms with E-state index in [0.29, 0.717) is 18.4 Å². The Bertz CT molecular complexity index is 733. The molecular weight excluding hydrogens is 425 g/mol. The highest BCUT2D eigenvalue weighted by molar-refractivity contribution is 5.31. The SMILES string of the molecule is CC=CCCC1CCC(CC(F)(F)COc2ccc(C3CCC(CCC)CO3)cc2F)CC1. The first-order chi connectivity index (χ1) is 15.9. The Morgan fingerprint density at radius 2 is 1.76 bits per heavy atom. The zero-order valence-corrected chi connectivity index (χ0v) is 20.3. The number of alkyl halides is 2. The lowest BCUT2D eigenvalue weighted by Crippen LogP contribution is -2.30. The van der Waals surface area contributed by atoms with Crippen molar-refractivity contribution in [1.82, 2.24) is 0 Å². The Balaban J connectivity index is 1.43. The first kappa shape index (κ1) is 26.1. The highest BCUT2D eigenvalue weighted by Crippen LogP contribution is 2.38. The zero-order chi connectivity index (χ0) is 23.7. The number of hydrogen-bond donors (Lipinski definition) is 0. The molecule has 186 valence electrons. The number of ether oxygens (including phenoxy) is 2. The van der Waals surface area contributed by atoms with Gasteiger partial charge in [0.15, 0.2) is 18.2 Å². The van der Waals surface area contributed by atoms with Crippen LogP contribution in [-0.2, 0) is 4.74 Å². The minimum Gasteiger partial charge on any atom is -0.484 e. The van der Waals surface area contributed by atoms with Crippen LogP contribution < -0.4 is 4.74 Å². The van der Waals surface area contributed by atoms with E-state index >= 15 is 0 Å². The third kappa shape index (κ3) is 8.35. The van der Waals surface area contributed by atoms with Crippen molar-refractivity contribution in [3.8, 4) is 5.75 Å². The molecule has 2 nitrogen and oxygen atoms in total. The fourth-order valence-corrected chi connectivity index (χ4v) is 5.43. The number of hydrogen-bond acceptors (Lipinski definition) is 2. The molecule has 2 fully saturated rings. The molecule has 2 atom stereocenters. The molecule has 0 spiro atoms. The van der Waals surface area contributed by atoms with Gasteiger partial charge in [-0.15, -0.1) is 0 Å². The van der Waals surface area contributed by atoms with Crippen molar-refractivity contribution in [2.24, 2.45) is 17.8 Å². The van der Waals surface area contributed by atoms with Crippen molar-refractivity contribution in [3.05, 3.63) is 41.7 Å². The van der Waals surface area contributed by atoms with Crippen molar-refractivity contribution in [3.63, 3.8) is 0 Å². The minimum atomic E-state index is -2.95. The lowest BCUT2D eigenvalue weighted by molar-refractivity contribution is -0.0649. The monoisotopic (exact) mass is 466 g/mol. The zero-order valence-electron chi connectivity index (χ0n) is 20.3. The average molecular weight is 467 g/mol. The van der Waals surface area contributed by atoms with Crippen LogP contribution in [0.2, 0.25) is 0 Å². The van der Waals surface area contributed by atoms with Crippen molar-refractivity contribution in [2.45, 2.75) is 96.5 Å². The molecule has 0 amide bonds. The van der Waals surface area contributed by atoms with Gasteiger partial charge < -0.3 is 9.47 Å². The second kappa shape index (κ2) is 12.8. The maximum absolute atomic E-state index is 14.6. The van der Waals surface area contributed by atoms with Gasteiger partial charge in [0.25, 0.3) is 5.92 Å². The first-order valence-electron chi connectivity index (χ1n) is 12.9. The van der Waals surface area contributed by atoms with E-state index in [0.717, 1.165) is 69.8 Å². The van der Waals surface area contributed by atoms with Crippen molar-refractivity contribution in [2.75, 3.05) is 13.2 Å². The molecule has 33 heavy (non-hydrogen) atoms. The lowest BCUT2D eigenvalue weighted by Gasteiger charge is -2.31. The molecule has 0 N–H and O–H groups in total. The summed E-state index contributed by atoms with van der Waals surface area (Å²) in [6.07, 6.45) is 14.1. The summed E-state index contributed by atoms with van der Waals surface area (Å²) in [5.41, 5.74) is 0.757. The third-order valence-electron chi connectivity index (χ3n) is 7.36. The van der Waals surface area contributed by atoms with E-state index in [2.05, 4.69) is 19.1 Å². The normalized spacial score (nSPS) is 26.6. The lowest BCUT2D eigenvalue weighted by atomic mass is 9.78. The van der Waals surface area contributed by atoms with E-state index in [-0.39, 0.29) is 24.2 Å². The van der Waals surface area contributed by atoms with Crippen molar-refractivity contribution >= 4 is 0 Å². The van der Waals surface area contributed by atoms with Gasteiger partial charge in [-0.05, 0) is 87.3 Å². The van der Waals surface area contributed by atoms with Gasteiger partial charge in [0, 0.05) is 6.42 Å². The van der Waals surface area contributed by atoms with Crippen LogP contribution in [0.15, 0.2) is 30.4 Å². The number of rotatable bonds is 11. The Morgan fingerprint density at radius 3 is 2.39 bits per heavy atom. The van der Waals surface area contributed by atoms with Gasteiger partial charge in [-0.3, -0.25) is 0 Å². The largest absolute Gasteiger partial charge is 0.484 e. The fourth-order valence-electron chi connectivity index (χ4n) is 5.43. The van der Waals surface area contributed by atoms with Gasteiger partial charge in [0.2, 0.25) is 0 Å². The van der Waals surface area contributed by atoms with Gasteiger partial charge >= 0.3 is 0 Å². The second-order valence-electron chi connectivity index (χ2n) is 10.1. The molecule has 0 bridgehead atoms. The van der Waals surface area contributed by atoms with E-state index in [1.807, 2.05) is 6.92 Å². The van der Waals surface area contributed by atoms with Crippen LogP contribution in [-0.4, -0.2) is 19.1 Å². The van der Waals surface area contributed by atoms with Gasteiger partial charge in [-0.2, -0.15) is 0 Å². The van der Waals surface area contributed by atoms with Crippen LogP contribution in [0, 0.1) is 23.6 Å². The van der Waals surface area contributed by atoms with E-state index in [1.165, 1.54) is 12.1 Å². The molecule has 1 saturated heterocycles. The smallest absolute Gasteiger partial charge is 0.281 e. The van der Waals surface area contributed by atoms with Crippen LogP contribution in [0.1, 0.15) is 96.1 Å². The van der Waals surface area contributed by atoms with Crippen LogP contribution in [0.3, 0.4) is 0 Å². The summed E-state index contributed by atoms with van der Waals surface area (Å²) >= 11 is 0. The maximum Gasteiger partial charge on any atom is 0.281 e. The van der Waals surface area contributed by atoms with Crippen LogP contribution >= 0.6 is 0 Å². The fraction of sp³-hybridized carbons (Fsp3) is 0.714. The molecule has 0 radical (unpaired) electrons. The molecule has 1 aromatic rings. The molecule has 1 aliphatic heterocycles. The van der Waals surface area contributed by atoms with Crippen LogP contribution in [0.4, 0.5) is 13.2 Å². The van der Waals surface area contributed by atoms with Gasteiger partial charge in [0.05, 0.1) is 12.7 Å². The third-order valence-corrected chi connectivity index (χ3v) is 7.36. The highest BCUT2D eigenvalue weighted by atomic mass is 19.3. The maximum atomic E-state index is 14.6. The van der Waals surface area contributed by atoms with E-state index in [1.54, 1.807) is 6.07 Å². The van der Waals surface area contributed by atoms with Crippen LogP contribution in [0.5, 0.6) is 5.75 Å². The number of benzene rings is 1. The first-order valence-corrected chi connectivity index (χ1v) is 12.9. The summed E-state index contributed by atoms with van der Waals surface area (Å²) < 4.78 is 54.9. The Morgan fingerprint density at radius 1 is 1.03 bits per heavy atom. The van der Waals surface area contributed by atoms with Gasteiger partial charge in [0.1, 0.15) is 0 Å². The van der Waals surface area contributed by atoms with Crippen molar-refractivity contribution < 1.29 is 22.6 Å². The topological polar surface area (TPSA) is 18.5 Å².